The number of nitrogens with two attached hydrogens (primary N) is 1. The molecule has 0 bridgehead atoms. The predicted octanol–water partition coefficient (Wildman–Crippen LogP) is 0.636. The van der Waals surface area contributed by atoms with Crippen molar-refractivity contribution in [3.8, 4) is 0 Å². The molecule has 0 aliphatic carbocycles. The SMILES string of the molecule is NC(=O)NC(=O)COC(=O)CCCNS(=O)(=O)c1ccc2ccccc2c1. The van der Waals surface area contributed by atoms with Gasteiger partial charge in [0.25, 0.3) is 5.91 Å². The zero-order valence-corrected chi connectivity index (χ0v) is 15.1. The first-order valence-electron chi connectivity index (χ1n) is 8.01. The van der Waals surface area contributed by atoms with Crippen LogP contribution >= 0.6 is 0 Å². The first kappa shape index (κ1) is 20.3. The van der Waals surface area contributed by atoms with E-state index in [4.69, 9.17) is 5.73 Å². The summed E-state index contributed by atoms with van der Waals surface area (Å²) in [6.45, 7) is -0.609. The molecule has 27 heavy (non-hydrogen) atoms. The fourth-order valence-corrected chi connectivity index (χ4v) is 3.36. The summed E-state index contributed by atoms with van der Waals surface area (Å²) in [6, 6.07) is 11.2. The lowest BCUT2D eigenvalue weighted by Crippen LogP contribution is -2.37. The minimum atomic E-state index is -3.71. The van der Waals surface area contributed by atoms with E-state index in [0.29, 0.717) is 0 Å². The number of primary amides is 1. The molecule has 0 saturated carbocycles. The van der Waals surface area contributed by atoms with Crippen molar-refractivity contribution in [3.63, 3.8) is 0 Å². The molecule has 0 aliphatic heterocycles. The Hall–Kier alpha value is -2.98. The van der Waals surface area contributed by atoms with Crippen LogP contribution in [0.1, 0.15) is 12.8 Å². The van der Waals surface area contributed by atoms with E-state index in [0.717, 1.165) is 10.8 Å². The number of fused-ring (bicyclic) bond motifs is 1. The fourth-order valence-electron chi connectivity index (χ4n) is 2.25. The summed E-state index contributed by atoms with van der Waals surface area (Å²) in [4.78, 5) is 33.1. The quantitative estimate of drug-likeness (QED) is 0.443. The van der Waals surface area contributed by atoms with Gasteiger partial charge >= 0.3 is 12.0 Å². The van der Waals surface area contributed by atoms with Crippen molar-refractivity contribution in [2.75, 3.05) is 13.2 Å². The summed E-state index contributed by atoms with van der Waals surface area (Å²) in [6.07, 6.45) is 0.0905. The Morgan fingerprint density at radius 3 is 2.44 bits per heavy atom. The van der Waals surface area contributed by atoms with Crippen molar-refractivity contribution in [2.45, 2.75) is 17.7 Å². The van der Waals surface area contributed by atoms with Crippen molar-refractivity contribution in [2.24, 2.45) is 5.73 Å². The highest BCUT2D eigenvalue weighted by Crippen LogP contribution is 2.18. The maximum absolute atomic E-state index is 12.3. The second-order valence-electron chi connectivity index (χ2n) is 5.58. The summed E-state index contributed by atoms with van der Waals surface area (Å²) < 4.78 is 31.7. The highest BCUT2D eigenvalue weighted by Gasteiger charge is 2.14. The monoisotopic (exact) mass is 393 g/mol. The maximum atomic E-state index is 12.3. The number of amides is 3. The van der Waals surface area contributed by atoms with Crippen LogP contribution in [0.4, 0.5) is 4.79 Å². The molecule has 0 saturated heterocycles. The zero-order chi connectivity index (χ0) is 19.9. The lowest BCUT2D eigenvalue weighted by molar-refractivity contribution is -0.148. The minimum absolute atomic E-state index is 0.0255. The van der Waals surface area contributed by atoms with Crippen LogP contribution in [0.3, 0.4) is 0 Å². The molecule has 0 radical (unpaired) electrons. The van der Waals surface area contributed by atoms with Gasteiger partial charge in [0.2, 0.25) is 10.0 Å². The average molecular weight is 393 g/mol. The minimum Gasteiger partial charge on any atom is -0.456 e. The predicted molar refractivity (Wildman–Crippen MR) is 97.1 cm³/mol. The van der Waals surface area contributed by atoms with Crippen LogP contribution in [0.25, 0.3) is 10.8 Å². The smallest absolute Gasteiger partial charge is 0.318 e. The molecule has 2 aromatic rings. The highest BCUT2D eigenvalue weighted by molar-refractivity contribution is 7.89. The number of carbonyl (C=O) groups excluding carboxylic acids is 3. The first-order valence-corrected chi connectivity index (χ1v) is 9.49. The number of hydrogen-bond donors (Lipinski definition) is 3. The molecular weight excluding hydrogens is 374 g/mol. The van der Waals surface area contributed by atoms with E-state index >= 15 is 0 Å². The van der Waals surface area contributed by atoms with Gasteiger partial charge in [0.15, 0.2) is 6.61 Å². The van der Waals surface area contributed by atoms with Crippen molar-refractivity contribution in [1.82, 2.24) is 10.0 Å². The van der Waals surface area contributed by atoms with Crippen molar-refractivity contribution >= 4 is 38.7 Å². The number of rotatable bonds is 8. The Labute approximate surface area is 155 Å². The van der Waals surface area contributed by atoms with Crippen molar-refractivity contribution in [3.05, 3.63) is 42.5 Å². The molecule has 0 spiro atoms. The number of ether oxygens (including phenoxy) is 1. The standard InChI is InChI=1S/C17H19N3O6S/c18-17(23)20-15(21)11-26-16(22)6-3-9-19-27(24,25)14-8-7-12-4-1-2-5-13(12)10-14/h1-2,4-5,7-8,10,19H,3,6,9,11H2,(H3,18,20,21,23). The molecule has 0 atom stereocenters. The van der Waals surface area contributed by atoms with E-state index in [1.165, 1.54) is 6.07 Å². The van der Waals surface area contributed by atoms with Gasteiger partial charge in [-0.1, -0.05) is 30.3 Å². The van der Waals surface area contributed by atoms with Crippen molar-refractivity contribution < 1.29 is 27.5 Å². The van der Waals surface area contributed by atoms with E-state index < -0.39 is 34.5 Å². The second kappa shape index (κ2) is 9.10. The van der Waals surface area contributed by atoms with Crippen LogP contribution in [0.15, 0.2) is 47.4 Å². The largest absolute Gasteiger partial charge is 0.456 e. The topological polar surface area (TPSA) is 145 Å². The van der Waals surface area contributed by atoms with E-state index in [-0.39, 0.29) is 24.3 Å². The fraction of sp³-hybridized carbons (Fsp3) is 0.235. The van der Waals surface area contributed by atoms with E-state index in [9.17, 15) is 22.8 Å². The number of imide groups is 1. The molecule has 2 rings (SSSR count). The van der Waals surface area contributed by atoms with Gasteiger partial charge in [0.1, 0.15) is 0 Å². The summed E-state index contributed by atoms with van der Waals surface area (Å²) in [7, 11) is -3.71. The number of benzene rings is 2. The van der Waals surface area contributed by atoms with Gasteiger partial charge < -0.3 is 10.5 Å². The van der Waals surface area contributed by atoms with Gasteiger partial charge in [-0.3, -0.25) is 14.9 Å². The first-order chi connectivity index (χ1) is 12.8. The van der Waals surface area contributed by atoms with E-state index in [1.54, 1.807) is 17.4 Å². The third kappa shape index (κ3) is 6.35. The van der Waals surface area contributed by atoms with E-state index in [2.05, 4.69) is 9.46 Å². The third-order valence-corrected chi connectivity index (χ3v) is 4.97. The highest BCUT2D eigenvalue weighted by atomic mass is 32.2. The Morgan fingerprint density at radius 2 is 1.74 bits per heavy atom. The van der Waals surface area contributed by atoms with Gasteiger partial charge in [0.05, 0.1) is 4.90 Å². The molecule has 10 heteroatoms. The molecule has 144 valence electrons. The van der Waals surface area contributed by atoms with Crippen LogP contribution in [0.5, 0.6) is 0 Å². The molecule has 2 aromatic carbocycles. The van der Waals surface area contributed by atoms with Gasteiger partial charge in [-0.05, 0) is 29.3 Å². The Kier molecular flexibility index (Phi) is 6.85. The summed E-state index contributed by atoms with van der Waals surface area (Å²) >= 11 is 0. The number of nitrogens with one attached hydrogen (secondary N) is 2. The van der Waals surface area contributed by atoms with Crippen LogP contribution in [-0.2, 0) is 24.3 Å². The Balaban J connectivity index is 1.79. The van der Waals surface area contributed by atoms with Gasteiger partial charge in [0, 0.05) is 13.0 Å². The van der Waals surface area contributed by atoms with Crippen LogP contribution in [0.2, 0.25) is 0 Å². The normalized spacial score (nSPS) is 11.1. The number of carbonyl (C=O) groups is 3. The van der Waals surface area contributed by atoms with E-state index in [1.807, 2.05) is 24.3 Å². The van der Waals surface area contributed by atoms with Gasteiger partial charge in [-0.15, -0.1) is 0 Å². The lowest BCUT2D eigenvalue weighted by Gasteiger charge is -2.08. The number of hydrogen-bond acceptors (Lipinski definition) is 6. The molecule has 0 aliphatic rings. The second-order valence-corrected chi connectivity index (χ2v) is 7.35. The summed E-state index contributed by atoms with van der Waals surface area (Å²) in [5.74, 6) is -1.53. The van der Waals surface area contributed by atoms with Gasteiger partial charge in [-0.2, -0.15) is 0 Å². The average Bonchev–Trinajstić information content (AvgIpc) is 2.62. The molecule has 0 unspecified atom stereocenters. The van der Waals surface area contributed by atoms with Crippen molar-refractivity contribution in [1.29, 1.82) is 0 Å². The van der Waals surface area contributed by atoms with Crippen LogP contribution < -0.4 is 15.8 Å². The third-order valence-electron chi connectivity index (χ3n) is 3.51. The molecule has 0 heterocycles. The Bertz CT molecular complexity index is 958. The Morgan fingerprint density at radius 1 is 1.04 bits per heavy atom. The maximum Gasteiger partial charge on any atom is 0.318 e. The molecular formula is C17H19N3O6S. The van der Waals surface area contributed by atoms with Crippen LogP contribution in [-0.4, -0.2) is 39.5 Å². The summed E-state index contributed by atoms with van der Waals surface area (Å²) in [5.41, 5.74) is 4.74. The number of esters is 1. The van der Waals surface area contributed by atoms with Crippen LogP contribution in [0, 0.1) is 0 Å². The molecule has 0 fully saturated rings. The number of urea groups is 1. The molecule has 3 amide bonds. The molecule has 0 aromatic heterocycles. The zero-order valence-electron chi connectivity index (χ0n) is 14.3. The lowest BCUT2D eigenvalue weighted by atomic mass is 10.1. The summed E-state index contributed by atoms with van der Waals surface area (Å²) in [5, 5.41) is 3.48. The molecule has 4 N–H and O–H groups in total. The van der Waals surface area contributed by atoms with Gasteiger partial charge in [-0.25, -0.2) is 17.9 Å². The number of sulfonamides is 1. The molecule has 9 nitrogen and oxygen atoms in total.